The van der Waals surface area contributed by atoms with Gasteiger partial charge in [-0.2, -0.15) is 0 Å². The molecule has 0 heterocycles. The highest BCUT2D eigenvalue weighted by Gasteiger charge is 1.99. The molecule has 0 unspecified atom stereocenters. The molecule has 0 aromatic heterocycles. The molecule has 1 rings (SSSR count). The second kappa shape index (κ2) is 6.37. The lowest BCUT2D eigenvalue weighted by molar-refractivity contribution is 0.0704. The van der Waals surface area contributed by atoms with Gasteiger partial charge in [-0.05, 0) is 18.6 Å². The maximum Gasteiger partial charge on any atom is 0.129 e. The van der Waals surface area contributed by atoms with Crippen LogP contribution in [-0.2, 0) is 4.74 Å². The highest BCUT2D eigenvalue weighted by atomic mass is 19.1. The Kier molecular flexibility index (Phi) is 5.07. The van der Waals surface area contributed by atoms with E-state index in [1.807, 2.05) is 0 Å². The van der Waals surface area contributed by atoms with Gasteiger partial charge in [0.1, 0.15) is 18.2 Å². The van der Waals surface area contributed by atoms with Gasteiger partial charge in [0, 0.05) is 6.07 Å². The van der Waals surface area contributed by atoms with E-state index in [0.29, 0.717) is 31.1 Å². The molecular weight excluding hydrogens is 199 g/mol. The summed E-state index contributed by atoms with van der Waals surface area (Å²) in [4.78, 5) is 0. The van der Waals surface area contributed by atoms with Crippen LogP contribution in [0.3, 0.4) is 0 Å². The number of halogens is 1. The SMILES string of the molecule is Cc1ccc(OCCOCCO)cc1F. The molecule has 0 bridgehead atoms. The average molecular weight is 214 g/mol. The van der Waals surface area contributed by atoms with Gasteiger partial charge in [-0.25, -0.2) is 4.39 Å². The van der Waals surface area contributed by atoms with Gasteiger partial charge in [0.15, 0.2) is 0 Å². The molecule has 4 heteroatoms. The first-order chi connectivity index (χ1) is 7.24. The van der Waals surface area contributed by atoms with Crippen LogP contribution in [-0.4, -0.2) is 31.5 Å². The smallest absolute Gasteiger partial charge is 0.129 e. The summed E-state index contributed by atoms with van der Waals surface area (Å²) >= 11 is 0. The Labute approximate surface area is 88.4 Å². The third kappa shape index (κ3) is 4.27. The summed E-state index contributed by atoms with van der Waals surface area (Å²) in [7, 11) is 0. The van der Waals surface area contributed by atoms with E-state index in [2.05, 4.69) is 0 Å². The Morgan fingerprint density at radius 3 is 2.73 bits per heavy atom. The maximum absolute atomic E-state index is 13.1. The zero-order chi connectivity index (χ0) is 11.1. The summed E-state index contributed by atoms with van der Waals surface area (Å²) in [6, 6.07) is 4.73. The van der Waals surface area contributed by atoms with Gasteiger partial charge in [-0.3, -0.25) is 0 Å². The molecule has 3 nitrogen and oxygen atoms in total. The van der Waals surface area contributed by atoms with Crippen LogP contribution in [0.4, 0.5) is 4.39 Å². The molecule has 0 amide bonds. The summed E-state index contributed by atoms with van der Waals surface area (Å²) in [6.07, 6.45) is 0. The average Bonchev–Trinajstić information content (AvgIpc) is 2.23. The first kappa shape index (κ1) is 11.9. The Bertz CT molecular complexity index is 302. The third-order valence-electron chi connectivity index (χ3n) is 1.88. The first-order valence-corrected chi connectivity index (χ1v) is 4.81. The quantitative estimate of drug-likeness (QED) is 0.730. The molecule has 0 aliphatic heterocycles. The lowest BCUT2D eigenvalue weighted by atomic mass is 10.2. The molecule has 0 fully saturated rings. The molecule has 0 saturated carbocycles. The third-order valence-corrected chi connectivity index (χ3v) is 1.88. The van der Waals surface area contributed by atoms with Gasteiger partial charge in [-0.1, -0.05) is 6.07 Å². The second-order valence-electron chi connectivity index (χ2n) is 3.10. The monoisotopic (exact) mass is 214 g/mol. The van der Waals surface area contributed by atoms with Gasteiger partial charge in [-0.15, -0.1) is 0 Å². The summed E-state index contributed by atoms with van der Waals surface area (Å²) in [6.45, 7) is 2.73. The molecule has 0 spiro atoms. The topological polar surface area (TPSA) is 38.7 Å². The van der Waals surface area contributed by atoms with Crippen LogP contribution < -0.4 is 4.74 Å². The maximum atomic E-state index is 13.1. The van der Waals surface area contributed by atoms with E-state index in [-0.39, 0.29) is 12.4 Å². The predicted octanol–water partition coefficient (Wildman–Crippen LogP) is 1.52. The normalized spacial score (nSPS) is 10.3. The Morgan fingerprint density at radius 1 is 1.27 bits per heavy atom. The van der Waals surface area contributed by atoms with Crippen LogP contribution >= 0.6 is 0 Å². The van der Waals surface area contributed by atoms with E-state index in [0.717, 1.165) is 0 Å². The van der Waals surface area contributed by atoms with Crippen LogP contribution in [0.5, 0.6) is 5.75 Å². The first-order valence-electron chi connectivity index (χ1n) is 4.81. The zero-order valence-corrected chi connectivity index (χ0v) is 8.70. The van der Waals surface area contributed by atoms with Gasteiger partial charge in [0.2, 0.25) is 0 Å². The molecule has 1 aromatic rings. The van der Waals surface area contributed by atoms with E-state index in [1.165, 1.54) is 6.07 Å². The van der Waals surface area contributed by atoms with E-state index in [9.17, 15) is 4.39 Å². The number of aliphatic hydroxyl groups is 1. The molecular formula is C11H15FO3. The minimum Gasteiger partial charge on any atom is -0.491 e. The molecule has 1 aromatic carbocycles. The van der Waals surface area contributed by atoms with Crippen molar-refractivity contribution in [1.82, 2.24) is 0 Å². The highest BCUT2D eigenvalue weighted by molar-refractivity contribution is 5.27. The number of hydrogen-bond donors (Lipinski definition) is 1. The highest BCUT2D eigenvalue weighted by Crippen LogP contribution is 2.15. The van der Waals surface area contributed by atoms with Crippen molar-refractivity contribution in [3.05, 3.63) is 29.6 Å². The largest absolute Gasteiger partial charge is 0.491 e. The van der Waals surface area contributed by atoms with E-state index in [1.54, 1.807) is 19.1 Å². The van der Waals surface area contributed by atoms with Crippen LogP contribution in [0.1, 0.15) is 5.56 Å². The number of ether oxygens (including phenoxy) is 2. The van der Waals surface area contributed by atoms with Gasteiger partial charge in [0.05, 0.1) is 19.8 Å². The van der Waals surface area contributed by atoms with Crippen molar-refractivity contribution in [2.45, 2.75) is 6.92 Å². The Hall–Kier alpha value is -1.13. The molecule has 84 valence electrons. The molecule has 0 saturated heterocycles. The minimum atomic E-state index is -0.274. The fourth-order valence-electron chi connectivity index (χ4n) is 1.05. The Balaban J connectivity index is 2.28. The number of benzene rings is 1. The van der Waals surface area contributed by atoms with E-state index >= 15 is 0 Å². The predicted molar refractivity (Wildman–Crippen MR) is 54.5 cm³/mol. The zero-order valence-electron chi connectivity index (χ0n) is 8.70. The van der Waals surface area contributed by atoms with Gasteiger partial charge < -0.3 is 14.6 Å². The fourth-order valence-corrected chi connectivity index (χ4v) is 1.05. The van der Waals surface area contributed by atoms with Crippen molar-refractivity contribution >= 4 is 0 Å². The van der Waals surface area contributed by atoms with Crippen LogP contribution in [0, 0.1) is 12.7 Å². The standard InChI is InChI=1S/C11H15FO3/c1-9-2-3-10(8-11(9)12)15-7-6-14-5-4-13/h2-3,8,13H,4-7H2,1H3. The van der Waals surface area contributed by atoms with Crippen molar-refractivity contribution in [1.29, 1.82) is 0 Å². The van der Waals surface area contributed by atoms with Crippen molar-refractivity contribution in [2.24, 2.45) is 0 Å². The fraction of sp³-hybridized carbons (Fsp3) is 0.455. The lowest BCUT2D eigenvalue weighted by Crippen LogP contribution is -2.09. The van der Waals surface area contributed by atoms with E-state index < -0.39 is 0 Å². The number of aryl methyl sites for hydroxylation is 1. The van der Waals surface area contributed by atoms with Crippen LogP contribution in [0.25, 0.3) is 0 Å². The summed E-state index contributed by atoms with van der Waals surface area (Å²) < 4.78 is 23.3. The lowest BCUT2D eigenvalue weighted by Gasteiger charge is -2.07. The number of aliphatic hydroxyl groups excluding tert-OH is 1. The van der Waals surface area contributed by atoms with Crippen molar-refractivity contribution in [2.75, 3.05) is 26.4 Å². The minimum absolute atomic E-state index is 0.000833. The van der Waals surface area contributed by atoms with Crippen molar-refractivity contribution in [3.63, 3.8) is 0 Å². The summed E-state index contributed by atoms with van der Waals surface area (Å²) in [5.74, 6) is 0.217. The molecule has 0 aliphatic rings. The van der Waals surface area contributed by atoms with Crippen LogP contribution in [0.2, 0.25) is 0 Å². The van der Waals surface area contributed by atoms with E-state index in [4.69, 9.17) is 14.6 Å². The van der Waals surface area contributed by atoms with Gasteiger partial charge in [0.25, 0.3) is 0 Å². The Morgan fingerprint density at radius 2 is 2.07 bits per heavy atom. The summed E-state index contributed by atoms with van der Waals surface area (Å²) in [5.41, 5.74) is 0.596. The van der Waals surface area contributed by atoms with Crippen molar-refractivity contribution < 1.29 is 19.0 Å². The van der Waals surface area contributed by atoms with Gasteiger partial charge >= 0.3 is 0 Å². The molecule has 1 N–H and O–H groups in total. The molecule has 0 atom stereocenters. The summed E-state index contributed by atoms with van der Waals surface area (Å²) in [5, 5.41) is 8.43. The van der Waals surface area contributed by atoms with Crippen LogP contribution in [0.15, 0.2) is 18.2 Å². The molecule has 15 heavy (non-hydrogen) atoms. The molecule has 0 radical (unpaired) electrons. The number of hydrogen-bond acceptors (Lipinski definition) is 3. The second-order valence-corrected chi connectivity index (χ2v) is 3.10. The number of rotatable bonds is 6. The molecule has 0 aliphatic carbocycles. The van der Waals surface area contributed by atoms with Crippen molar-refractivity contribution in [3.8, 4) is 5.75 Å².